The molecular weight excluding hydrogens is 232 g/mol. The number of ether oxygens (including phenoxy) is 1. The highest BCUT2D eigenvalue weighted by Gasteiger charge is 2.13. The van der Waals surface area contributed by atoms with Crippen LogP contribution >= 0.6 is 0 Å². The molecule has 0 aliphatic heterocycles. The first-order chi connectivity index (χ1) is 8.58. The second-order valence-corrected chi connectivity index (χ2v) is 3.94. The largest absolute Gasteiger partial charge is 0.507 e. The number of nitrogens with zero attached hydrogens (tertiary/aromatic N) is 1. The van der Waals surface area contributed by atoms with E-state index >= 15 is 0 Å². The first-order valence-electron chi connectivity index (χ1n) is 6.06. The smallest absolute Gasteiger partial charge is 0.342 e. The van der Waals surface area contributed by atoms with Crippen LogP contribution in [0.5, 0.6) is 5.75 Å². The number of esters is 1. The Kier molecular flexibility index (Phi) is 5.45. The van der Waals surface area contributed by atoms with Gasteiger partial charge in [-0.3, -0.25) is 0 Å². The van der Waals surface area contributed by atoms with Crippen LogP contribution in [0, 0.1) is 0 Å². The van der Waals surface area contributed by atoms with Crippen molar-refractivity contribution < 1.29 is 14.6 Å². The number of phenols is 1. The van der Waals surface area contributed by atoms with Gasteiger partial charge in [0.1, 0.15) is 17.9 Å². The predicted molar refractivity (Wildman–Crippen MR) is 70.6 cm³/mol. The van der Waals surface area contributed by atoms with E-state index in [9.17, 15) is 9.90 Å². The molecule has 0 amide bonds. The topological polar surface area (TPSA) is 75.8 Å². The summed E-state index contributed by atoms with van der Waals surface area (Å²) in [5.41, 5.74) is 6.08. The number of phenolic OH excluding ortho intramolecular Hbond substituents is 1. The summed E-state index contributed by atoms with van der Waals surface area (Å²) in [6.45, 7) is 6.91. The number of nitrogen functional groups attached to an aromatic ring is 1. The molecule has 0 aromatic heterocycles. The number of aromatic hydroxyl groups is 1. The number of nitrogens with two attached hydrogens (primary N) is 1. The summed E-state index contributed by atoms with van der Waals surface area (Å²) in [5, 5.41) is 9.54. The van der Waals surface area contributed by atoms with Crippen molar-refractivity contribution in [1.82, 2.24) is 4.90 Å². The SMILES string of the molecule is CCN(CC)CCOC(=O)c1cc(N)ccc1O. The molecule has 18 heavy (non-hydrogen) atoms. The molecule has 0 radical (unpaired) electrons. The highest BCUT2D eigenvalue weighted by Crippen LogP contribution is 2.20. The van der Waals surface area contributed by atoms with E-state index < -0.39 is 5.97 Å². The minimum Gasteiger partial charge on any atom is -0.507 e. The van der Waals surface area contributed by atoms with Crippen LogP contribution in [-0.2, 0) is 4.74 Å². The first kappa shape index (κ1) is 14.3. The second kappa shape index (κ2) is 6.86. The van der Waals surface area contributed by atoms with Crippen LogP contribution in [0.3, 0.4) is 0 Å². The van der Waals surface area contributed by atoms with Crippen molar-refractivity contribution in [2.75, 3.05) is 32.0 Å². The molecule has 0 spiro atoms. The number of hydrogen-bond acceptors (Lipinski definition) is 5. The second-order valence-electron chi connectivity index (χ2n) is 3.94. The number of carbonyl (C=O) groups is 1. The third kappa shape index (κ3) is 3.92. The van der Waals surface area contributed by atoms with Crippen LogP contribution in [0.15, 0.2) is 18.2 Å². The van der Waals surface area contributed by atoms with E-state index in [0.29, 0.717) is 18.8 Å². The van der Waals surface area contributed by atoms with Crippen molar-refractivity contribution in [3.63, 3.8) is 0 Å². The molecule has 0 heterocycles. The standard InChI is InChI=1S/C13H20N2O3/c1-3-15(4-2)7-8-18-13(17)11-9-10(14)5-6-12(11)16/h5-6,9,16H,3-4,7-8,14H2,1-2H3. The maximum absolute atomic E-state index is 11.7. The molecule has 0 fully saturated rings. The zero-order chi connectivity index (χ0) is 13.5. The molecule has 5 heteroatoms. The van der Waals surface area contributed by atoms with Crippen LogP contribution in [0.25, 0.3) is 0 Å². The van der Waals surface area contributed by atoms with Gasteiger partial charge in [0.2, 0.25) is 0 Å². The zero-order valence-electron chi connectivity index (χ0n) is 10.8. The van der Waals surface area contributed by atoms with Gasteiger partial charge >= 0.3 is 5.97 Å². The molecule has 0 atom stereocenters. The number of anilines is 1. The summed E-state index contributed by atoms with van der Waals surface area (Å²) >= 11 is 0. The number of carbonyl (C=O) groups excluding carboxylic acids is 1. The van der Waals surface area contributed by atoms with E-state index in [1.807, 2.05) is 0 Å². The van der Waals surface area contributed by atoms with Gasteiger partial charge in [0, 0.05) is 12.2 Å². The normalized spacial score (nSPS) is 10.6. The molecule has 3 N–H and O–H groups in total. The van der Waals surface area contributed by atoms with E-state index in [-0.39, 0.29) is 11.3 Å². The van der Waals surface area contributed by atoms with Gasteiger partial charge < -0.3 is 20.5 Å². The van der Waals surface area contributed by atoms with Crippen molar-refractivity contribution in [2.45, 2.75) is 13.8 Å². The fourth-order valence-corrected chi connectivity index (χ4v) is 1.60. The van der Waals surface area contributed by atoms with Crippen LogP contribution < -0.4 is 5.73 Å². The number of likely N-dealkylation sites (N-methyl/N-ethyl adjacent to an activating group) is 1. The minimum absolute atomic E-state index is 0.106. The molecular formula is C13H20N2O3. The summed E-state index contributed by atoms with van der Waals surface area (Å²) in [6, 6.07) is 4.33. The summed E-state index contributed by atoms with van der Waals surface area (Å²) in [6.07, 6.45) is 0. The zero-order valence-corrected chi connectivity index (χ0v) is 10.8. The van der Waals surface area contributed by atoms with E-state index in [2.05, 4.69) is 18.7 Å². The Hall–Kier alpha value is -1.75. The minimum atomic E-state index is -0.549. The van der Waals surface area contributed by atoms with Gasteiger partial charge in [-0.15, -0.1) is 0 Å². The third-order valence-corrected chi connectivity index (χ3v) is 2.78. The number of rotatable bonds is 6. The molecule has 0 unspecified atom stereocenters. The Bertz CT molecular complexity index is 403. The van der Waals surface area contributed by atoms with Gasteiger partial charge in [-0.1, -0.05) is 13.8 Å². The highest BCUT2D eigenvalue weighted by atomic mass is 16.5. The van der Waals surface area contributed by atoms with Crippen molar-refractivity contribution in [1.29, 1.82) is 0 Å². The summed E-state index contributed by atoms with van der Waals surface area (Å²) in [7, 11) is 0. The maximum Gasteiger partial charge on any atom is 0.342 e. The van der Waals surface area contributed by atoms with Crippen LogP contribution in [0.2, 0.25) is 0 Å². The summed E-state index contributed by atoms with van der Waals surface area (Å²) < 4.78 is 5.10. The fraction of sp³-hybridized carbons (Fsp3) is 0.462. The Morgan fingerprint density at radius 2 is 2.06 bits per heavy atom. The molecule has 1 aromatic carbocycles. The lowest BCUT2D eigenvalue weighted by Gasteiger charge is -2.17. The Balaban J connectivity index is 2.53. The third-order valence-electron chi connectivity index (χ3n) is 2.78. The predicted octanol–water partition coefficient (Wildman–Crippen LogP) is 1.47. The summed E-state index contributed by atoms with van der Waals surface area (Å²) in [4.78, 5) is 13.9. The first-order valence-corrected chi connectivity index (χ1v) is 6.06. The Labute approximate surface area is 107 Å². The van der Waals surface area contributed by atoms with Crippen molar-refractivity contribution in [3.8, 4) is 5.75 Å². The van der Waals surface area contributed by atoms with Crippen molar-refractivity contribution >= 4 is 11.7 Å². The lowest BCUT2D eigenvalue weighted by molar-refractivity contribution is 0.0463. The van der Waals surface area contributed by atoms with Gasteiger partial charge in [-0.05, 0) is 31.3 Å². The van der Waals surface area contributed by atoms with Gasteiger partial charge in [0.25, 0.3) is 0 Å². The van der Waals surface area contributed by atoms with Gasteiger partial charge in [0.15, 0.2) is 0 Å². The van der Waals surface area contributed by atoms with Crippen molar-refractivity contribution in [2.24, 2.45) is 0 Å². The van der Waals surface area contributed by atoms with E-state index in [0.717, 1.165) is 13.1 Å². The fourth-order valence-electron chi connectivity index (χ4n) is 1.60. The van der Waals surface area contributed by atoms with Gasteiger partial charge in [0.05, 0.1) is 0 Å². The average molecular weight is 252 g/mol. The molecule has 0 bridgehead atoms. The molecule has 1 aromatic rings. The van der Waals surface area contributed by atoms with Gasteiger partial charge in [-0.25, -0.2) is 4.79 Å². The highest BCUT2D eigenvalue weighted by molar-refractivity contribution is 5.93. The molecule has 100 valence electrons. The number of benzene rings is 1. The quantitative estimate of drug-likeness (QED) is 0.455. The Morgan fingerprint density at radius 3 is 2.67 bits per heavy atom. The monoisotopic (exact) mass is 252 g/mol. The average Bonchev–Trinajstić information content (AvgIpc) is 2.37. The lowest BCUT2D eigenvalue weighted by atomic mass is 10.2. The van der Waals surface area contributed by atoms with Crippen molar-refractivity contribution in [3.05, 3.63) is 23.8 Å². The van der Waals surface area contributed by atoms with E-state index in [4.69, 9.17) is 10.5 Å². The maximum atomic E-state index is 11.7. The number of hydrogen-bond donors (Lipinski definition) is 2. The molecule has 5 nitrogen and oxygen atoms in total. The molecule has 0 saturated heterocycles. The van der Waals surface area contributed by atoms with E-state index in [1.165, 1.54) is 18.2 Å². The van der Waals surface area contributed by atoms with Gasteiger partial charge in [-0.2, -0.15) is 0 Å². The van der Waals surface area contributed by atoms with Crippen LogP contribution in [-0.4, -0.2) is 42.2 Å². The summed E-state index contributed by atoms with van der Waals surface area (Å²) in [5.74, 6) is -0.663. The van der Waals surface area contributed by atoms with Crippen LogP contribution in [0.4, 0.5) is 5.69 Å². The molecule has 0 aliphatic rings. The molecule has 1 rings (SSSR count). The van der Waals surface area contributed by atoms with E-state index in [1.54, 1.807) is 0 Å². The molecule has 0 saturated carbocycles. The Morgan fingerprint density at radius 1 is 1.39 bits per heavy atom. The molecule has 0 aliphatic carbocycles. The van der Waals surface area contributed by atoms with Crippen LogP contribution in [0.1, 0.15) is 24.2 Å². The lowest BCUT2D eigenvalue weighted by Crippen LogP contribution is -2.27.